The van der Waals surface area contributed by atoms with Crippen LogP contribution in [-0.4, -0.2) is 80.1 Å². The van der Waals surface area contributed by atoms with Crippen LogP contribution in [0.2, 0.25) is 0 Å². The molecule has 1 saturated heterocycles. The van der Waals surface area contributed by atoms with E-state index in [1.165, 1.54) is 12.0 Å². The highest BCUT2D eigenvalue weighted by Crippen LogP contribution is 2.44. The van der Waals surface area contributed by atoms with Gasteiger partial charge in [-0.3, -0.25) is 4.79 Å². The second-order valence-corrected chi connectivity index (χ2v) is 8.00. The average Bonchev–Trinajstić information content (AvgIpc) is 3.10. The average molecular weight is 454 g/mol. The minimum absolute atomic E-state index is 0.0385. The van der Waals surface area contributed by atoms with Crippen LogP contribution in [0.1, 0.15) is 17.0 Å². The van der Waals surface area contributed by atoms with Gasteiger partial charge in [-0.15, -0.1) is 0 Å². The number of fused-ring (bicyclic) bond motifs is 3. The maximum absolute atomic E-state index is 12.5. The Balaban J connectivity index is 1.26. The van der Waals surface area contributed by atoms with Crippen molar-refractivity contribution in [1.82, 2.24) is 10.2 Å². The molecule has 2 N–H and O–H groups in total. The first kappa shape index (κ1) is 22.8. The van der Waals surface area contributed by atoms with Crippen LogP contribution >= 0.6 is 0 Å². The molecule has 2 aromatic rings. The molecule has 2 amide bonds. The minimum Gasteiger partial charge on any atom is -0.480 e. The molecular weight excluding hydrogens is 428 g/mol. The van der Waals surface area contributed by atoms with Crippen molar-refractivity contribution >= 4 is 18.0 Å². The molecule has 1 heterocycles. The van der Waals surface area contributed by atoms with Gasteiger partial charge < -0.3 is 29.5 Å². The number of carboxylic acid groups (broad SMARTS) is 1. The number of alkyl carbamates (subject to hydrolysis) is 1. The Labute approximate surface area is 191 Å². The number of nitrogens with one attached hydrogen (secondary N) is 1. The Morgan fingerprint density at radius 2 is 1.67 bits per heavy atom. The van der Waals surface area contributed by atoms with Gasteiger partial charge in [0.05, 0.1) is 12.6 Å². The lowest BCUT2D eigenvalue weighted by atomic mass is 9.98. The third kappa shape index (κ3) is 4.99. The standard InChI is InChI=1S/C24H26N2O7/c1-31-21(23(29)26-11-15(12-26)32-14-22(27)28)10-25-24(30)33-13-20-18-8-4-2-6-16(18)17-7-3-5-9-19(17)20/h2-9,15,20-21H,10-14H2,1H3,(H,25,30)(H,27,28). The van der Waals surface area contributed by atoms with Crippen molar-refractivity contribution in [2.75, 3.05) is 40.0 Å². The molecular formula is C24H26N2O7. The molecule has 9 heteroatoms. The predicted molar refractivity (Wildman–Crippen MR) is 118 cm³/mol. The van der Waals surface area contributed by atoms with Crippen molar-refractivity contribution in [3.63, 3.8) is 0 Å². The van der Waals surface area contributed by atoms with E-state index >= 15 is 0 Å². The Hall–Kier alpha value is -3.43. The van der Waals surface area contributed by atoms with Gasteiger partial charge in [-0.25, -0.2) is 9.59 Å². The fourth-order valence-corrected chi connectivity index (χ4v) is 4.21. The van der Waals surface area contributed by atoms with E-state index < -0.39 is 24.8 Å². The molecule has 0 radical (unpaired) electrons. The molecule has 1 unspecified atom stereocenters. The molecule has 1 atom stereocenters. The highest BCUT2D eigenvalue weighted by atomic mass is 16.5. The number of likely N-dealkylation sites (tertiary alicyclic amines) is 1. The van der Waals surface area contributed by atoms with Crippen LogP contribution in [-0.2, 0) is 23.8 Å². The molecule has 174 valence electrons. The number of nitrogens with zero attached hydrogens (tertiary/aromatic N) is 1. The number of amides is 2. The van der Waals surface area contributed by atoms with E-state index in [-0.39, 0.29) is 44.2 Å². The Morgan fingerprint density at radius 1 is 1.06 bits per heavy atom. The van der Waals surface area contributed by atoms with Crippen molar-refractivity contribution in [1.29, 1.82) is 0 Å². The number of carbonyl (C=O) groups excluding carboxylic acids is 2. The number of aliphatic carboxylic acids is 1. The second-order valence-electron chi connectivity index (χ2n) is 8.00. The van der Waals surface area contributed by atoms with Crippen molar-refractivity contribution < 1.29 is 33.7 Å². The fraction of sp³-hybridized carbons (Fsp3) is 0.375. The van der Waals surface area contributed by atoms with Gasteiger partial charge in [0.2, 0.25) is 0 Å². The van der Waals surface area contributed by atoms with Gasteiger partial charge >= 0.3 is 12.1 Å². The first-order chi connectivity index (χ1) is 16.0. The van der Waals surface area contributed by atoms with Crippen LogP contribution in [0.3, 0.4) is 0 Å². The largest absolute Gasteiger partial charge is 0.480 e. The normalized spacial score (nSPS) is 15.8. The summed E-state index contributed by atoms with van der Waals surface area (Å²) in [5.74, 6) is -1.40. The number of methoxy groups -OCH3 is 1. The zero-order chi connectivity index (χ0) is 23.4. The Kier molecular flexibility index (Phi) is 6.90. The Morgan fingerprint density at radius 3 is 2.24 bits per heavy atom. The van der Waals surface area contributed by atoms with Crippen molar-refractivity contribution in [2.45, 2.75) is 18.1 Å². The van der Waals surface area contributed by atoms with Crippen molar-refractivity contribution in [3.05, 3.63) is 59.7 Å². The maximum Gasteiger partial charge on any atom is 0.407 e. The summed E-state index contributed by atoms with van der Waals surface area (Å²) in [5.41, 5.74) is 4.53. The van der Waals surface area contributed by atoms with Crippen LogP contribution in [0.5, 0.6) is 0 Å². The van der Waals surface area contributed by atoms with Crippen molar-refractivity contribution in [2.24, 2.45) is 0 Å². The third-order valence-electron chi connectivity index (χ3n) is 5.94. The minimum atomic E-state index is -1.05. The van der Waals surface area contributed by atoms with E-state index in [9.17, 15) is 14.4 Å². The number of ether oxygens (including phenoxy) is 3. The quantitative estimate of drug-likeness (QED) is 0.594. The molecule has 1 fully saturated rings. The van der Waals surface area contributed by atoms with Gasteiger partial charge in [0, 0.05) is 26.1 Å². The summed E-state index contributed by atoms with van der Waals surface area (Å²) in [6.45, 7) is 0.320. The van der Waals surface area contributed by atoms with Gasteiger partial charge in [-0.05, 0) is 22.3 Å². The lowest BCUT2D eigenvalue weighted by Gasteiger charge is -2.40. The third-order valence-corrected chi connectivity index (χ3v) is 5.94. The number of benzene rings is 2. The van der Waals surface area contributed by atoms with Gasteiger partial charge in [-0.2, -0.15) is 0 Å². The summed E-state index contributed by atoms with van der Waals surface area (Å²) < 4.78 is 15.8. The van der Waals surface area contributed by atoms with Crippen LogP contribution in [0, 0.1) is 0 Å². The van der Waals surface area contributed by atoms with Gasteiger partial charge in [0.15, 0.2) is 6.10 Å². The van der Waals surface area contributed by atoms with E-state index in [1.807, 2.05) is 36.4 Å². The van der Waals surface area contributed by atoms with E-state index in [1.54, 1.807) is 0 Å². The molecule has 1 aliphatic carbocycles. The van der Waals surface area contributed by atoms with Gasteiger partial charge in [-0.1, -0.05) is 48.5 Å². The Bertz CT molecular complexity index is 989. The van der Waals surface area contributed by atoms with Crippen LogP contribution in [0.25, 0.3) is 11.1 Å². The highest BCUT2D eigenvalue weighted by molar-refractivity contribution is 5.83. The lowest BCUT2D eigenvalue weighted by Crippen LogP contribution is -2.59. The van der Waals surface area contributed by atoms with Crippen LogP contribution in [0.15, 0.2) is 48.5 Å². The number of hydrogen-bond donors (Lipinski definition) is 2. The van der Waals surface area contributed by atoms with Crippen LogP contribution in [0.4, 0.5) is 4.79 Å². The molecule has 1 aliphatic heterocycles. The van der Waals surface area contributed by atoms with Crippen LogP contribution < -0.4 is 5.32 Å². The summed E-state index contributed by atoms with van der Waals surface area (Å²) in [4.78, 5) is 36.9. The first-order valence-electron chi connectivity index (χ1n) is 10.7. The number of hydrogen-bond acceptors (Lipinski definition) is 6. The smallest absolute Gasteiger partial charge is 0.407 e. The zero-order valence-electron chi connectivity index (χ0n) is 18.2. The molecule has 0 bridgehead atoms. The molecule has 2 aliphatic rings. The summed E-state index contributed by atoms with van der Waals surface area (Å²) in [6, 6.07) is 16.1. The maximum atomic E-state index is 12.5. The second kappa shape index (κ2) is 10.0. The van der Waals surface area contributed by atoms with E-state index in [4.69, 9.17) is 19.3 Å². The lowest BCUT2D eigenvalue weighted by molar-refractivity contribution is -0.160. The molecule has 4 rings (SSSR count). The number of carbonyl (C=O) groups is 3. The fourth-order valence-electron chi connectivity index (χ4n) is 4.21. The van der Waals surface area contributed by atoms with Gasteiger partial charge in [0.1, 0.15) is 13.2 Å². The predicted octanol–water partition coefficient (Wildman–Crippen LogP) is 1.85. The number of carboxylic acids is 1. The summed E-state index contributed by atoms with van der Waals surface area (Å²) in [7, 11) is 1.39. The monoisotopic (exact) mass is 454 g/mol. The zero-order valence-corrected chi connectivity index (χ0v) is 18.2. The highest BCUT2D eigenvalue weighted by Gasteiger charge is 2.36. The topological polar surface area (TPSA) is 114 Å². The molecule has 0 spiro atoms. The van der Waals surface area contributed by atoms with E-state index in [0.29, 0.717) is 0 Å². The molecule has 0 aromatic heterocycles. The number of rotatable bonds is 9. The SMILES string of the molecule is COC(CNC(=O)OCC1c2ccccc2-c2ccccc21)C(=O)N1CC(OCC(=O)O)C1. The first-order valence-corrected chi connectivity index (χ1v) is 10.7. The van der Waals surface area contributed by atoms with E-state index in [2.05, 4.69) is 17.4 Å². The molecule has 9 nitrogen and oxygen atoms in total. The van der Waals surface area contributed by atoms with Gasteiger partial charge in [0.25, 0.3) is 5.91 Å². The molecule has 33 heavy (non-hydrogen) atoms. The molecule has 2 aromatic carbocycles. The summed E-state index contributed by atoms with van der Waals surface area (Å²) in [5, 5.41) is 11.2. The van der Waals surface area contributed by atoms with Crippen molar-refractivity contribution in [3.8, 4) is 11.1 Å². The summed E-state index contributed by atoms with van der Waals surface area (Å²) in [6.07, 6.45) is -1.80. The summed E-state index contributed by atoms with van der Waals surface area (Å²) >= 11 is 0. The van der Waals surface area contributed by atoms with E-state index in [0.717, 1.165) is 22.3 Å². The molecule has 0 saturated carbocycles.